The van der Waals surface area contributed by atoms with Crippen LogP contribution in [-0.2, 0) is 19.5 Å². The van der Waals surface area contributed by atoms with Crippen LogP contribution in [0.4, 0.5) is 0 Å². The van der Waals surface area contributed by atoms with Crippen molar-refractivity contribution in [2.24, 2.45) is 0 Å². The van der Waals surface area contributed by atoms with Crippen LogP contribution in [0.3, 0.4) is 0 Å². The van der Waals surface area contributed by atoms with Crippen LogP contribution in [0.2, 0.25) is 0 Å². The molecule has 0 aromatic heterocycles. The van der Waals surface area contributed by atoms with Crippen molar-refractivity contribution in [3.63, 3.8) is 0 Å². The molecule has 12 valence electrons. The van der Waals surface area contributed by atoms with Crippen molar-refractivity contribution >= 4 is 63.5 Å². The fourth-order valence-electron chi connectivity index (χ4n) is 0. The van der Waals surface area contributed by atoms with E-state index < -0.39 is 0 Å². The van der Waals surface area contributed by atoms with Crippen molar-refractivity contribution in [3.05, 3.63) is 0 Å². The molecule has 0 aliphatic heterocycles. The first-order valence-electron chi connectivity index (χ1n) is 0. The van der Waals surface area contributed by atoms with Crippen molar-refractivity contribution in [1.29, 1.82) is 0 Å². The monoisotopic (exact) mass is 144 g/mol. The summed E-state index contributed by atoms with van der Waals surface area (Å²) >= 11 is 0. The van der Waals surface area contributed by atoms with Gasteiger partial charge in [0.05, 0.1) is 0 Å². The molecule has 4 heteroatoms. The second kappa shape index (κ2) is 17.9. The number of rotatable bonds is 0. The molecule has 0 heterocycles. The zero-order valence-corrected chi connectivity index (χ0v) is 8.90. The quantitative estimate of drug-likeness (QED) is 0.387. The first-order valence-corrected chi connectivity index (χ1v) is 0. The molecule has 0 unspecified atom stereocenters. The van der Waals surface area contributed by atoms with Crippen molar-refractivity contribution in [3.8, 4) is 0 Å². The number of hydrogen-bond donors (Lipinski definition) is 0. The van der Waals surface area contributed by atoms with Gasteiger partial charge in [0, 0.05) is 45.3 Å². The summed E-state index contributed by atoms with van der Waals surface area (Å²) < 4.78 is 0. The van der Waals surface area contributed by atoms with Crippen LogP contribution in [0.5, 0.6) is 0 Å². The summed E-state index contributed by atoms with van der Waals surface area (Å²) in [6.07, 6.45) is 0. The van der Waals surface area contributed by atoms with Crippen LogP contribution < -0.4 is 0 Å². The summed E-state index contributed by atoms with van der Waals surface area (Å²) in [5.74, 6) is 0. The number of hydrogen-bond acceptors (Lipinski definition) is 0. The Labute approximate surface area is 84.5 Å². The molecule has 0 atom stereocenters. The Bertz CT molecular complexity index is 13.5. The van der Waals surface area contributed by atoms with Gasteiger partial charge in [-0.25, -0.2) is 0 Å². The molecule has 0 aliphatic carbocycles. The van der Waals surface area contributed by atoms with Gasteiger partial charge in [0.2, 0.25) is 0 Å². The normalized spacial score (nSPS) is 0. The summed E-state index contributed by atoms with van der Waals surface area (Å²) in [7, 11) is 0. The van der Waals surface area contributed by atoms with E-state index >= 15 is 0 Å². The van der Waals surface area contributed by atoms with Gasteiger partial charge in [-0.3, -0.25) is 0 Å². The molecule has 0 amide bonds. The third kappa shape index (κ3) is 8.82. The van der Waals surface area contributed by atoms with E-state index in [0.717, 1.165) is 0 Å². The molecule has 0 saturated carbocycles. The van der Waals surface area contributed by atoms with Gasteiger partial charge in [0.1, 0.15) is 0 Å². The molecule has 0 spiro atoms. The van der Waals surface area contributed by atoms with Crippen molar-refractivity contribution in [1.82, 2.24) is 0 Å². The average molecular weight is 145 g/mol. The van der Waals surface area contributed by atoms with Crippen LogP contribution >= 0.6 is 0 Å². The standard InChI is InChI=1S/Al.B.Ca.Zn.2H/q;;+2;;2*-1. The molecular weight excluding hydrogens is 143 g/mol. The summed E-state index contributed by atoms with van der Waals surface area (Å²) in [6.45, 7) is 0. The summed E-state index contributed by atoms with van der Waals surface area (Å²) in [6, 6.07) is 0. The third-order valence-electron chi connectivity index (χ3n) is 0. The molecular formula is H2AlBCaZn. The fourth-order valence-corrected chi connectivity index (χ4v) is 0. The smallest absolute Gasteiger partial charge is 1.00 e. The van der Waals surface area contributed by atoms with Crippen molar-refractivity contribution < 1.29 is 22.3 Å². The minimum atomic E-state index is 0. The second-order valence-corrected chi connectivity index (χ2v) is 0. The Morgan fingerprint density at radius 3 is 1.25 bits per heavy atom. The Kier molecular flexibility index (Phi) is 141. The zero-order chi connectivity index (χ0) is 0. The van der Waals surface area contributed by atoms with Crippen LogP contribution in [0, 0.1) is 0 Å². The minimum Gasteiger partial charge on any atom is -1.00 e. The SMILES string of the molecule is [Al].[B].[Ca+2].[H-].[H-].[Zn]. The van der Waals surface area contributed by atoms with Gasteiger partial charge in [0.15, 0.2) is 0 Å². The first kappa shape index (κ1) is 31.6. The predicted molar refractivity (Wildman–Crippen MR) is 19.5 cm³/mol. The summed E-state index contributed by atoms with van der Waals surface area (Å²) in [5.41, 5.74) is 0. The van der Waals surface area contributed by atoms with Crippen molar-refractivity contribution in [2.75, 3.05) is 0 Å². The van der Waals surface area contributed by atoms with E-state index in [0.29, 0.717) is 0 Å². The molecule has 0 nitrogen and oxygen atoms in total. The van der Waals surface area contributed by atoms with Crippen LogP contribution in [0.25, 0.3) is 0 Å². The fraction of sp³-hybridized carbons (Fsp3) is 0. The second-order valence-electron chi connectivity index (χ2n) is 0. The topological polar surface area (TPSA) is 0 Å². The molecule has 0 aromatic carbocycles. The van der Waals surface area contributed by atoms with Gasteiger partial charge in [-0.1, -0.05) is 0 Å². The third-order valence-corrected chi connectivity index (χ3v) is 0. The van der Waals surface area contributed by atoms with Crippen LogP contribution in [-0.4, -0.2) is 63.5 Å². The van der Waals surface area contributed by atoms with Gasteiger partial charge in [-0.05, 0) is 0 Å². The Morgan fingerprint density at radius 1 is 1.25 bits per heavy atom. The largest absolute Gasteiger partial charge is 2.00 e. The maximum absolute atomic E-state index is 0. The maximum Gasteiger partial charge on any atom is 2.00 e. The van der Waals surface area contributed by atoms with E-state index in [2.05, 4.69) is 0 Å². The van der Waals surface area contributed by atoms with Crippen LogP contribution in [0.15, 0.2) is 0 Å². The molecule has 0 aromatic rings. The van der Waals surface area contributed by atoms with Gasteiger partial charge in [0.25, 0.3) is 0 Å². The molecule has 0 fully saturated rings. The van der Waals surface area contributed by atoms with E-state index in [1.807, 2.05) is 0 Å². The maximum atomic E-state index is 0. The van der Waals surface area contributed by atoms with E-state index in [-0.39, 0.29) is 85.8 Å². The van der Waals surface area contributed by atoms with E-state index in [1.165, 1.54) is 0 Å². The Balaban J connectivity index is 0. The molecule has 6 radical (unpaired) electrons. The Hall–Kier alpha value is 2.48. The zero-order valence-electron chi connectivity index (χ0n) is 4.57. The van der Waals surface area contributed by atoms with Gasteiger partial charge < -0.3 is 2.85 Å². The summed E-state index contributed by atoms with van der Waals surface area (Å²) in [4.78, 5) is 0. The molecule has 0 saturated heterocycles. The molecule has 0 N–H and O–H groups in total. The first-order chi connectivity index (χ1) is 0. The van der Waals surface area contributed by atoms with Crippen molar-refractivity contribution in [2.45, 2.75) is 0 Å². The van der Waals surface area contributed by atoms with E-state index in [9.17, 15) is 0 Å². The summed E-state index contributed by atoms with van der Waals surface area (Å²) in [5, 5.41) is 0. The molecule has 4 heavy (non-hydrogen) atoms. The van der Waals surface area contributed by atoms with Crippen LogP contribution in [0.1, 0.15) is 2.85 Å². The molecule has 0 rings (SSSR count). The average Bonchev–Trinajstić information content (AvgIpc) is 0. The van der Waals surface area contributed by atoms with E-state index in [4.69, 9.17) is 0 Å². The predicted octanol–water partition coefficient (Wildman–Crippen LogP) is -0.920. The van der Waals surface area contributed by atoms with Gasteiger partial charge >= 0.3 is 37.7 Å². The Morgan fingerprint density at radius 2 is 1.25 bits per heavy atom. The van der Waals surface area contributed by atoms with Gasteiger partial charge in [-0.2, -0.15) is 0 Å². The van der Waals surface area contributed by atoms with E-state index in [1.54, 1.807) is 0 Å². The molecule has 0 aliphatic rings. The molecule has 0 bridgehead atoms. The minimum absolute atomic E-state index is 0. The van der Waals surface area contributed by atoms with Gasteiger partial charge in [-0.15, -0.1) is 0 Å².